The van der Waals surface area contributed by atoms with Crippen LogP contribution in [0.1, 0.15) is 0 Å². The molecule has 10 heteroatoms. The molecule has 0 aliphatic heterocycles. The highest BCUT2D eigenvalue weighted by molar-refractivity contribution is 9.10. The van der Waals surface area contributed by atoms with Gasteiger partial charge in [-0.15, -0.1) is 0 Å². The van der Waals surface area contributed by atoms with Crippen LogP contribution in [0.5, 0.6) is 0 Å². The van der Waals surface area contributed by atoms with Crippen molar-refractivity contribution in [2.45, 2.75) is 22.1 Å². The van der Waals surface area contributed by atoms with Crippen LogP contribution in [0.4, 0.5) is 35.1 Å². The van der Waals surface area contributed by atoms with E-state index >= 15 is 0 Å². The van der Waals surface area contributed by atoms with E-state index in [0.29, 0.717) is 0 Å². The monoisotopic (exact) mass is 314 g/mol. The maximum atomic E-state index is 12.1. The number of alkyl halides is 10. The summed E-state index contributed by atoms with van der Waals surface area (Å²) in [6, 6.07) is 0. The minimum atomic E-state index is -6.38. The lowest BCUT2D eigenvalue weighted by Crippen LogP contribution is -2.58. The molecule has 0 rings (SSSR count). The van der Waals surface area contributed by atoms with Gasteiger partial charge in [0, 0.05) is 0 Å². The van der Waals surface area contributed by atoms with Crippen molar-refractivity contribution >= 4 is 27.5 Å². The second-order valence-electron chi connectivity index (χ2n) is 2.14. The summed E-state index contributed by atoms with van der Waals surface area (Å²) >= 11 is 4.47. The Bertz CT molecular complexity index is 190. The van der Waals surface area contributed by atoms with Gasteiger partial charge < -0.3 is 0 Å². The summed E-state index contributed by atoms with van der Waals surface area (Å²) in [5, 5.41) is -5.78. The molecule has 14 heavy (non-hydrogen) atoms. The third kappa shape index (κ3) is 2.07. The molecule has 0 fully saturated rings. The van der Waals surface area contributed by atoms with E-state index in [1.54, 1.807) is 0 Å². The van der Waals surface area contributed by atoms with Crippen LogP contribution < -0.4 is 0 Å². The smallest absolute Gasteiger partial charge is 0.191 e. The van der Waals surface area contributed by atoms with Crippen LogP contribution in [0.25, 0.3) is 0 Å². The summed E-state index contributed by atoms with van der Waals surface area (Å²) in [6.45, 7) is 0. The summed E-state index contributed by atoms with van der Waals surface area (Å²) in [5.74, 6) is -12.7. The first-order valence-corrected chi connectivity index (χ1v) is 3.81. The van der Waals surface area contributed by atoms with E-state index in [-0.39, 0.29) is 0 Å². The van der Waals surface area contributed by atoms with Gasteiger partial charge in [0.05, 0.1) is 0 Å². The van der Waals surface area contributed by atoms with Crippen molar-refractivity contribution in [2.75, 3.05) is 0 Å². The van der Waals surface area contributed by atoms with Gasteiger partial charge in [0.15, 0.2) is 0 Å². The van der Waals surface area contributed by atoms with Crippen LogP contribution in [-0.2, 0) is 0 Å². The molecule has 0 aromatic rings. The van der Waals surface area contributed by atoms with Gasteiger partial charge in [0.25, 0.3) is 0 Å². The molecule has 0 aromatic heterocycles. The molecule has 86 valence electrons. The standard InChI is InChI=1S/C4BrClF8/c5-3(11,12)1(7,8)2(9,10)4(6,13)14. The Morgan fingerprint density at radius 1 is 0.714 bits per heavy atom. The first-order chi connectivity index (χ1) is 5.75. The lowest BCUT2D eigenvalue weighted by Gasteiger charge is -2.31. The normalized spacial score (nSPS) is 15.9. The Morgan fingerprint density at radius 3 is 1.07 bits per heavy atom. The molecule has 0 saturated carbocycles. The first kappa shape index (κ1) is 14.2. The molecule has 0 aliphatic carbocycles. The van der Waals surface area contributed by atoms with Gasteiger partial charge in [-0.25, -0.2) is 0 Å². The van der Waals surface area contributed by atoms with Crippen LogP contribution in [-0.4, -0.2) is 22.1 Å². The van der Waals surface area contributed by atoms with Crippen LogP contribution in [0.3, 0.4) is 0 Å². The minimum absolute atomic E-state index is 0.873. The van der Waals surface area contributed by atoms with E-state index in [1.165, 1.54) is 0 Å². The van der Waals surface area contributed by atoms with Gasteiger partial charge in [-0.2, -0.15) is 35.1 Å². The van der Waals surface area contributed by atoms with Gasteiger partial charge in [-0.3, -0.25) is 0 Å². The highest BCUT2D eigenvalue weighted by Gasteiger charge is 2.79. The Balaban J connectivity index is 5.30. The minimum Gasteiger partial charge on any atom is -0.191 e. The number of halogens is 10. The number of hydrogen-bond donors (Lipinski definition) is 0. The summed E-state index contributed by atoms with van der Waals surface area (Å²) in [5.41, 5.74) is 0. The zero-order chi connectivity index (χ0) is 12.0. The van der Waals surface area contributed by atoms with Crippen molar-refractivity contribution in [3.63, 3.8) is 0 Å². The average Bonchev–Trinajstić information content (AvgIpc) is 1.81. The van der Waals surface area contributed by atoms with Crippen molar-refractivity contribution in [1.29, 1.82) is 0 Å². The fourth-order valence-corrected chi connectivity index (χ4v) is 0.724. The van der Waals surface area contributed by atoms with Gasteiger partial charge in [-0.05, 0) is 27.5 Å². The molecule has 0 unspecified atom stereocenters. The van der Waals surface area contributed by atoms with Crippen LogP contribution in [0, 0.1) is 0 Å². The maximum Gasteiger partial charge on any atom is 0.393 e. The fraction of sp³-hybridized carbons (Fsp3) is 1.00. The molecule has 0 spiro atoms. The topological polar surface area (TPSA) is 0 Å². The largest absolute Gasteiger partial charge is 0.393 e. The first-order valence-electron chi connectivity index (χ1n) is 2.64. The highest BCUT2D eigenvalue weighted by Crippen LogP contribution is 2.55. The molecular formula is C4BrClF8. The van der Waals surface area contributed by atoms with Gasteiger partial charge in [0.1, 0.15) is 0 Å². The number of rotatable bonds is 3. The lowest BCUT2D eigenvalue weighted by atomic mass is 10.2. The lowest BCUT2D eigenvalue weighted by molar-refractivity contribution is -0.322. The number of hydrogen-bond acceptors (Lipinski definition) is 0. The van der Waals surface area contributed by atoms with Crippen LogP contribution in [0.2, 0.25) is 0 Å². The van der Waals surface area contributed by atoms with Crippen molar-refractivity contribution in [3.8, 4) is 0 Å². The summed E-state index contributed by atoms with van der Waals surface area (Å²) in [4.78, 5) is -5.50. The zero-order valence-electron chi connectivity index (χ0n) is 5.78. The third-order valence-corrected chi connectivity index (χ3v) is 1.84. The van der Waals surface area contributed by atoms with Gasteiger partial charge in [-0.1, -0.05) is 0 Å². The van der Waals surface area contributed by atoms with Crippen molar-refractivity contribution in [1.82, 2.24) is 0 Å². The van der Waals surface area contributed by atoms with Crippen molar-refractivity contribution in [2.24, 2.45) is 0 Å². The molecule has 0 atom stereocenters. The molecule has 0 nitrogen and oxygen atoms in total. The Morgan fingerprint density at radius 2 is 1.00 bits per heavy atom. The predicted octanol–water partition coefficient (Wildman–Crippen LogP) is 4.08. The Kier molecular flexibility index (Phi) is 3.41. The summed E-state index contributed by atoms with van der Waals surface area (Å²) in [6.07, 6.45) is 0. The van der Waals surface area contributed by atoms with Gasteiger partial charge in [0.2, 0.25) is 0 Å². The zero-order valence-corrected chi connectivity index (χ0v) is 8.12. The molecule has 0 aromatic carbocycles. The molecular weight excluding hydrogens is 315 g/mol. The SMILES string of the molecule is FC(F)(Cl)C(F)(F)C(F)(F)C(F)(F)Br. The van der Waals surface area contributed by atoms with E-state index in [1.807, 2.05) is 0 Å². The predicted molar refractivity (Wildman–Crippen MR) is 34.6 cm³/mol. The van der Waals surface area contributed by atoms with Crippen molar-refractivity contribution in [3.05, 3.63) is 0 Å². The Labute approximate surface area is 85.3 Å². The van der Waals surface area contributed by atoms with E-state index in [0.717, 1.165) is 15.9 Å². The van der Waals surface area contributed by atoms with E-state index in [2.05, 4.69) is 11.6 Å². The maximum absolute atomic E-state index is 12.1. The molecule has 0 aliphatic rings. The molecule has 0 saturated heterocycles. The van der Waals surface area contributed by atoms with E-state index in [9.17, 15) is 35.1 Å². The summed E-state index contributed by atoms with van der Waals surface area (Å²) in [7, 11) is 0. The average molecular weight is 315 g/mol. The van der Waals surface area contributed by atoms with Gasteiger partial charge >= 0.3 is 22.1 Å². The second-order valence-corrected chi connectivity index (χ2v) is 3.61. The summed E-state index contributed by atoms with van der Waals surface area (Å²) < 4.78 is 95.4. The van der Waals surface area contributed by atoms with E-state index < -0.39 is 22.1 Å². The molecule has 0 bridgehead atoms. The van der Waals surface area contributed by atoms with E-state index in [4.69, 9.17) is 0 Å². The quantitative estimate of drug-likeness (QED) is 0.544. The molecule has 0 heterocycles. The molecule has 0 amide bonds. The van der Waals surface area contributed by atoms with Crippen LogP contribution in [0.15, 0.2) is 0 Å². The third-order valence-electron chi connectivity index (χ3n) is 1.11. The molecule has 0 radical (unpaired) electrons. The Hall–Kier alpha value is 0.210. The molecule has 0 N–H and O–H groups in total. The van der Waals surface area contributed by atoms with Crippen LogP contribution >= 0.6 is 27.5 Å². The highest BCUT2D eigenvalue weighted by atomic mass is 79.9. The fourth-order valence-electron chi connectivity index (χ4n) is 0.356. The second kappa shape index (κ2) is 3.36. The van der Waals surface area contributed by atoms with Crippen molar-refractivity contribution < 1.29 is 35.1 Å².